The fourth-order valence-electron chi connectivity index (χ4n) is 2.94. The number of amides is 2. The summed E-state index contributed by atoms with van der Waals surface area (Å²) < 4.78 is 45.7. The molecule has 1 heterocycles. The first kappa shape index (κ1) is 20.0. The van der Waals surface area contributed by atoms with E-state index in [-0.39, 0.29) is 18.0 Å². The van der Waals surface area contributed by atoms with Crippen LogP contribution in [0.5, 0.6) is 5.75 Å². The lowest BCUT2D eigenvalue weighted by molar-refractivity contribution is -0.137. The molecule has 2 aromatic rings. The van der Waals surface area contributed by atoms with E-state index in [0.29, 0.717) is 17.2 Å². The first-order valence-corrected chi connectivity index (χ1v) is 8.72. The van der Waals surface area contributed by atoms with Gasteiger partial charge in [0.2, 0.25) is 11.8 Å². The number of nitrogens with one attached hydrogen (secondary N) is 2. The van der Waals surface area contributed by atoms with Gasteiger partial charge in [0.1, 0.15) is 12.4 Å². The van der Waals surface area contributed by atoms with Gasteiger partial charge >= 0.3 is 6.18 Å². The van der Waals surface area contributed by atoms with Gasteiger partial charge in [0.05, 0.1) is 17.2 Å². The molecule has 2 aromatic carbocycles. The number of anilines is 2. The number of fused-ring (bicyclic) bond motifs is 1. The number of halogens is 4. The number of alkyl halides is 3. The molecule has 5 nitrogen and oxygen atoms in total. The van der Waals surface area contributed by atoms with Crippen LogP contribution in [0.25, 0.3) is 0 Å². The van der Waals surface area contributed by atoms with Crippen molar-refractivity contribution < 1.29 is 27.5 Å². The van der Waals surface area contributed by atoms with Gasteiger partial charge in [0.15, 0.2) is 0 Å². The van der Waals surface area contributed by atoms with Gasteiger partial charge in [0.25, 0.3) is 0 Å². The molecule has 0 aliphatic carbocycles. The molecule has 0 bridgehead atoms. The number of carbonyl (C=O) groups excluding carboxylic acids is 2. The third kappa shape index (κ3) is 4.56. The van der Waals surface area contributed by atoms with Crippen LogP contribution >= 0.6 is 11.6 Å². The van der Waals surface area contributed by atoms with Crippen LogP contribution in [-0.2, 0) is 22.2 Å². The third-order valence-corrected chi connectivity index (χ3v) is 4.44. The fraction of sp³-hybridized carbons (Fsp3) is 0.263. The Balaban J connectivity index is 1.81. The van der Waals surface area contributed by atoms with Crippen LogP contribution < -0.4 is 15.4 Å². The largest absolute Gasteiger partial charge is 0.492 e. The molecular formula is C19H16ClF3N2O3. The maximum atomic E-state index is 13.4. The van der Waals surface area contributed by atoms with Gasteiger partial charge in [-0.2, -0.15) is 13.2 Å². The van der Waals surface area contributed by atoms with Gasteiger partial charge in [-0.3, -0.25) is 9.59 Å². The molecule has 0 saturated heterocycles. The van der Waals surface area contributed by atoms with E-state index in [1.807, 2.05) is 0 Å². The van der Waals surface area contributed by atoms with Crippen molar-refractivity contribution in [3.05, 3.63) is 52.5 Å². The molecule has 0 spiro atoms. The smallest absolute Gasteiger partial charge is 0.418 e. The van der Waals surface area contributed by atoms with Crippen LogP contribution in [-0.4, -0.2) is 18.4 Å². The quantitative estimate of drug-likeness (QED) is 0.779. The zero-order valence-electron chi connectivity index (χ0n) is 14.7. The second-order valence-corrected chi connectivity index (χ2v) is 6.83. The highest BCUT2D eigenvalue weighted by molar-refractivity contribution is 6.30. The molecule has 3 rings (SSSR count). The van der Waals surface area contributed by atoms with E-state index in [0.717, 1.165) is 17.7 Å². The van der Waals surface area contributed by atoms with Crippen molar-refractivity contribution in [3.63, 3.8) is 0 Å². The summed E-state index contributed by atoms with van der Waals surface area (Å²) in [5.74, 6) is -1.16. The van der Waals surface area contributed by atoms with Crippen molar-refractivity contribution >= 4 is 34.8 Å². The van der Waals surface area contributed by atoms with Crippen molar-refractivity contribution in [2.24, 2.45) is 5.92 Å². The molecule has 9 heteroatoms. The lowest BCUT2D eigenvalue weighted by Crippen LogP contribution is -2.33. The van der Waals surface area contributed by atoms with E-state index >= 15 is 0 Å². The molecule has 1 aliphatic heterocycles. The first-order valence-electron chi connectivity index (χ1n) is 8.34. The number of rotatable bonds is 3. The Kier molecular flexibility index (Phi) is 5.51. The maximum absolute atomic E-state index is 13.4. The van der Waals surface area contributed by atoms with Gasteiger partial charge < -0.3 is 15.4 Å². The molecule has 1 unspecified atom stereocenters. The van der Waals surface area contributed by atoms with Crippen molar-refractivity contribution in [1.82, 2.24) is 0 Å². The van der Waals surface area contributed by atoms with E-state index in [1.54, 1.807) is 18.2 Å². The van der Waals surface area contributed by atoms with Gasteiger partial charge in [0, 0.05) is 17.6 Å². The van der Waals surface area contributed by atoms with Gasteiger partial charge in [-0.05, 0) is 48.4 Å². The Morgan fingerprint density at radius 1 is 1.14 bits per heavy atom. The highest BCUT2D eigenvalue weighted by Gasteiger charge is 2.35. The molecule has 0 aromatic heterocycles. The minimum Gasteiger partial charge on any atom is -0.492 e. The maximum Gasteiger partial charge on any atom is 0.418 e. The Morgan fingerprint density at radius 3 is 2.57 bits per heavy atom. The lowest BCUT2D eigenvalue weighted by atomic mass is 9.95. The monoisotopic (exact) mass is 412 g/mol. The zero-order valence-corrected chi connectivity index (χ0v) is 15.4. The number of hydrogen-bond donors (Lipinski definition) is 2. The van der Waals surface area contributed by atoms with Gasteiger partial charge in [-0.1, -0.05) is 11.6 Å². The number of hydrogen-bond acceptors (Lipinski definition) is 3. The molecule has 2 N–H and O–H groups in total. The lowest BCUT2D eigenvalue weighted by Gasteiger charge is -2.25. The van der Waals surface area contributed by atoms with Crippen molar-refractivity contribution in [1.29, 1.82) is 0 Å². The predicted molar refractivity (Wildman–Crippen MR) is 98.5 cm³/mol. The van der Waals surface area contributed by atoms with Crippen LogP contribution in [0.4, 0.5) is 24.5 Å². The Morgan fingerprint density at radius 2 is 1.89 bits per heavy atom. The summed E-state index contributed by atoms with van der Waals surface area (Å²) in [6.07, 6.45) is -4.41. The van der Waals surface area contributed by atoms with Gasteiger partial charge in [-0.25, -0.2) is 0 Å². The van der Waals surface area contributed by atoms with E-state index in [4.69, 9.17) is 16.3 Å². The highest BCUT2D eigenvalue weighted by atomic mass is 35.5. The molecule has 1 aliphatic rings. The summed E-state index contributed by atoms with van der Waals surface area (Å²) in [7, 11) is 0. The molecule has 148 valence electrons. The Bertz CT molecular complexity index is 931. The van der Waals surface area contributed by atoms with E-state index in [1.165, 1.54) is 13.0 Å². The molecule has 0 fully saturated rings. The summed E-state index contributed by atoms with van der Waals surface area (Å²) >= 11 is 5.94. The SMILES string of the molecule is CC(=O)Nc1ccc(NC(=O)C2COc3ccc(Cl)cc3C2)c(C(F)(F)F)c1. The Labute approximate surface area is 163 Å². The van der Waals surface area contributed by atoms with Crippen LogP contribution in [0.3, 0.4) is 0 Å². The van der Waals surface area contributed by atoms with Crippen LogP contribution in [0, 0.1) is 5.92 Å². The molecular weight excluding hydrogens is 397 g/mol. The summed E-state index contributed by atoms with van der Waals surface area (Å²) in [6.45, 7) is 1.24. The van der Waals surface area contributed by atoms with E-state index < -0.39 is 29.5 Å². The molecule has 2 amide bonds. The van der Waals surface area contributed by atoms with Crippen molar-refractivity contribution in [3.8, 4) is 5.75 Å². The van der Waals surface area contributed by atoms with Gasteiger partial charge in [-0.15, -0.1) is 0 Å². The topological polar surface area (TPSA) is 67.4 Å². The van der Waals surface area contributed by atoms with Crippen LogP contribution in [0.1, 0.15) is 18.1 Å². The number of benzene rings is 2. The average Bonchev–Trinajstić information content (AvgIpc) is 2.61. The van der Waals surface area contributed by atoms with Crippen molar-refractivity contribution in [2.75, 3.05) is 17.2 Å². The zero-order chi connectivity index (χ0) is 20.5. The molecule has 28 heavy (non-hydrogen) atoms. The van der Waals surface area contributed by atoms with Crippen molar-refractivity contribution in [2.45, 2.75) is 19.5 Å². The number of carbonyl (C=O) groups is 2. The fourth-order valence-corrected chi connectivity index (χ4v) is 3.13. The Hall–Kier alpha value is -2.74. The first-order chi connectivity index (χ1) is 13.1. The van der Waals surface area contributed by atoms with Crippen LogP contribution in [0.15, 0.2) is 36.4 Å². The molecule has 0 saturated carbocycles. The van der Waals surface area contributed by atoms with E-state index in [9.17, 15) is 22.8 Å². The number of ether oxygens (including phenoxy) is 1. The minimum atomic E-state index is -4.71. The highest BCUT2D eigenvalue weighted by Crippen LogP contribution is 2.37. The predicted octanol–water partition coefficient (Wildman–Crippen LogP) is 4.51. The normalized spacial score (nSPS) is 16.0. The molecule has 0 radical (unpaired) electrons. The summed E-state index contributed by atoms with van der Waals surface area (Å²) in [5, 5.41) is 5.10. The minimum absolute atomic E-state index is 0.0117. The standard InChI is InChI=1S/C19H16ClF3N2O3/c1-10(26)24-14-3-4-16(15(8-14)19(21,22)23)25-18(27)12-6-11-7-13(20)2-5-17(11)28-9-12/h2-5,7-8,12H,6,9H2,1H3,(H,24,26)(H,25,27). The molecule has 1 atom stereocenters. The van der Waals surface area contributed by atoms with E-state index in [2.05, 4.69) is 10.6 Å². The second-order valence-electron chi connectivity index (χ2n) is 6.39. The summed E-state index contributed by atoms with van der Waals surface area (Å²) in [5.41, 5.74) is -0.728. The third-order valence-electron chi connectivity index (χ3n) is 4.20. The average molecular weight is 413 g/mol. The van der Waals surface area contributed by atoms with Crippen LogP contribution in [0.2, 0.25) is 5.02 Å². The summed E-state index contributed by atoms with van der Waals surface area (Å²) in [6, 6.07) is 8.20. The second kappa shape index (κ2) is 7.71. The summed E-state index contributed by atoms with van der Waals surface area (Å²) in [4.78, 5) is 23.6.